The minimum atomic E-state index is -0.692. The van der Waals surface area contributed by atoms with Gasteiger partial charge >= 0.3 is 0 Å². The molecule has 1 aromatic carbocycles. The van der Waals surface area contributed by atoms with Crippen LogP contribution in [-0.4, -0.2) is 40.3 Å². The van der Waals surface area contributed by atoms with Crippen molar-refractivity contribution >= 4 is 40.6 Å². The maximum Gasteiger partial charge on any atom is 0.224 e. The zero-order valence-corrected chi connectivity index (χ0v) is 12.6. The summed E-state index contributed by atoms with van der Waals surface area (Å²) in [5.41, 5.74) is 6.67. The third-order valence-electron chi connectivity index (χ3n) is 2.48. The van der Waals surface area contributed by atoms with E-state index in [0.717, 1.165) is 5.75 Å². The standard InChI is InChI=1S/C13H19ClN2O3S/c14-11-6-9(15)3-4-12(11)16-13(19)2-1-5-20-8-10(18)7-17/h3-4,6,10,17-18H,1-2,5,7-8,15H2,(H,16,19). The van der Waals surface area contributed by atoms with Gasteiger partial charge in [0.15, 0.2) is 0 Å². The molecule has 0 heterocycles. The van der Waals surface area contributed by atoms with Gasteiger partial charge in [-0.3, -0.25) is 4.79 Å². The second kappa shape index (κ2) is 9.07. The Morgan fingerprint density at radius 3 is 2.90 bits per heavy atom. The van der Waals surface area contributed by atoms with Crippen LogP contribution in [-0.2, 0) is 4.79 Å². The molecule has 0 aromatic heterocycles. The second-order valence-corrected chi connectivity index (χ2v) is 5.86. The number of nitrogen functional groups attached to an aromatic ring is 1. The summed E-state index contributed by atoms with van der Waals surface area (Å²) in [6.07, 6.45) is 0.381. The Hall–Kier alpha value is -0.950. The quantitative estimate of drug-likeness (QED) is 0.432. The van der Waals surface area contributed by atoms with Crippen LogP contribution in [0, 0.1) is 0 Å². The molecule has 1 aromatic rings. The number of carbonyl (C=O) groups excluding carboxylic acids is 1. The minimum absolute atomic E-state index is 0.111. The Labute approximate surface area is 127 Å². The molecule has 5 N–H and O–H groups in total. The highest BCUT2D eigenvalue weighted by atomic mass is 35.5. The highest BCUT2D eigenvalue weighted by Gasteiger charge is 2.07. The second-order valence-electron chi connectivity index (χ2n) is 4.30. The SMILES string of the molecule is Nc1ccc(NC(=O)CCCSCC(O)CO)c(Cl)c1. The van der Waals surface area contributed by atoms with E-state index in [1.54, 1.807) is 18.2 Å². The van der Waals surface area contributed by atoms with Crippen LogP contribution in [0.4, 0.5) is 11.4 Å². The summed E-state index contributed by atoms with van der Waals surface area (Å²) in [5, 5.41) is 20.9. The lowest BCUT2D eigenvalue weighted by Crippen LogP contribution is -2.15. The van der Waals surface area contributed by atoms with E-state index in [4.69, 9.17) is 27.5 Å². The summed E-state index contributed by atoms with van der Waals surface area (Å²) < 4.78 is 0. The molecule has 1 rings (SSSR count). The summed E-state index contributed by atoms with van der Waals surface area (Å²) in [7, 11) is 0. The molecule has 5 nitrogen and oxygen atoms in total. The maximum absolute atomic E-state index is 11.7. The molecule has 0 bridgehead atoms. The largest absolute Gasteiger partial charge is 0.399 e. The molecular weight excluding hydrogens is 300 g/mol. The molecule has 0 spiro atoms. The van der Waals surface area contributed by atoms with E-state index in [9.17, 15) is 4.79 Å². The molecule has 0 saturated heterocycles. The number of halogens is 1. The van der Waals surface area contributed by atoms with E-state index in [1.165, 1.54) is 11.8 Å². The highest BCUT2D eigenvalue weighted by molar-refractivity contribution is 7.99. The number of thioether (sulfide) groups is 1. The van der Waals surface area contributed by atoms with Gasteiger partial charge in [0, 0.05) is 17.9 Å². The molecule has 20 heavy (non-hydrogen) atoms. The lowest BCUT2D eigenvalue weighted by Gasteiger charge is -2.08. The van der Waals surface area contributed by atoms with Gasteiger partial charge < -0.3 is 21.3 Å². The van der Waals surface area contributed by atoms with E-state index in [1.807, 2.05) is 0 Å². The van der Waals surface area contributed by atoms with Crippen molar-refractivity contribution in [3.8, 4) is 0 Å². The van der Waals surface area contributed by atoms with Crippen molar-refractivity contribution in [2.45, 2.75) is 18.9 Å². The van der Waals surface area contributed by atoms with Gasteiger partial charge in [-0.2, -0.15) is 11.8 Å². The molecule has 1 amide bonds. The van der Waals surface area contributed by atoms with E-state index < -0.39 is 6.10 Å². The number of nitrogens with one attached hydrogen (secondary N) is 1. The molecule has 0 radical (unpaired) electrons. The Bertz CT molecular complexity index is 446. The predicted molar refractivity (Wildman–Crippen MR) is 84.1 cm³/mol. The fourth-order valence-corrected chi connectivity index (χ4v) is 2.58. The van der Waals surface area contributed by atoms with Crippen molar-refractivity contribution in [3.63, 3.8) is 0 Å². The van der Waals surface area contributed by atoms with Crippen molar-refractivity contribution < 1.29 is 15.0 Å². The van der Waals surface area contributed by atoms with Crippen LogP contribution in [0.1, 0.15) is 12.8 Å². The summed E-state index contributed by atoms with van der Waals surface area (Å²) >= 11 is 7.46. The fourth-order valence-electron chi connectivity index (χ4n) is 1.45. The molecule has 0 aliphatic heterocycles. The van der Waals surface area contributed by atoms with Gasteiger partial charge in [0.2, 0.25) is 5.91 Å². The molecule has 1 unspecified atom stereocenters. The number of hydrogen-bond acceptors (Lipinski definition) is 5. The minimum Gasteiger partial charge on any atom is -0.399 e. The van der Waals surface area contributed by atoms with Gasteiger partial charge in [0.1, 0.15) is 0 Å². The van der Waals surface area contributed by atoms with Crippen molar-refractivity contribution in [2.24, 2.45) is 0 Å². The average molecular weight is 319 g/mol. The van der Waals surface area contributed by atoms with Crippen LogP contribution >= 0.6 is 23.4 Å². The maximum atomic E-state index is 11.7. The van der Waals surface area contributed by atoms with Crippen LogP contribution in [0.15, 0.2) is 18.2 Å². The number of carbonyl (C=O) groups is 1. The number of hydrogen-bond donors (Lipinski definition) is 4. The van der Waals surface area contributed by atoms with Crippen molar-refractivity contribution in [1.29, 1.82) is 0 Å². The number of amides is 1. The van der Waals surface area contributed by atoms with Gasteiger partial charge in [-0.05, 0) is 30.4 Å². The Morgan fingerprint density at radius 1 is 1.50 bits per heavy atom. The van der Waals surface area contributed by atoms with Gasteiger partial charge in [-0.25, -0.2) is 0 Å². The third-order valence-corrected chi connectivity index (χ3v) is 3.99. The number of anilines is 2. The third kappa shape index (κ3) is 6.47. The van der Waals surface area contributed by atoms with E-state index in [0.29, 0.717) is 35.0 Å². The zero-order valence-electron chi connectivity index (χ0n) is 11.0. The zero-order chi connectivity index (χ0) is 15.0. The van der Waals surface area contributed by atoms with Gasteiger partial charge in [-0.15, -0.1) is 0 Å². The fraction of sp³-hybridized carbons (Fsp3) is 0.462. The number of benzene rings is 1. The molecule has 0 aliphatic carbocycles. The van der Waals surface area contributed by atoms with Gasteiger partial charge in [-0.1, -0.05) is 11.6 Å². The number of aliphatic hydroxyl groups excluding tert-OH is 2. The first kappa shape index (κ1) is 17.1. The lowest BCUT2D eigenvalue weighted by molar-refractivity contribution is -0.116. The first-order valence-electron chi connectivity index (χ1n) is 6.24. The molecule has 7 heteroatoms. The monoisotopic (exact) mass is 318 g/mol. The lowest BCUT2D eigenvalue weighted by atomic mass is 10.2. The highest BCUT2D eigenvalue weighted by Crippen LogP contribution is 2.24. The summed E-state index contributed by atoms with van der Waals surface area (Å²) in [6.45, 7) is -0.233. The summed E-state index contributed by atoms with van der Waals surface area (Å²) in [4.78, 5) is 11.7. The van der Waals surface area contributed by atoms with Crippen LogP contribution < -0.4 is 11.1 Å². The van der Waals surface area contributed by atoms with Crippen molar-refractivity contribution in [1.82, 2.24) is 0 Å². The van der Waals surface area contributed by atoms with Gasteiger partial charge in [0.25, 0.3) is 0 Å². The smallest absolute Gasteiger partial charge is 0.224 e. The first-order valence-corrected chi connectivity index (χ1v) is 7.77. The molecular formula is C13H19ClN2O3S. The van der Waals surface area contributed by atoms with Crippen LogP contribution in [0.3, 0.4) is 0 Å². The Balaban J connectivity index is 2.23. The molecule has 0 fully saturated rings. The number of rotatable bonds is 8. The van der Waals surface area contributed by atoms with E-state index in [-0.39, 0.29) is 12.5 Å². The van der Waals surface area contributed by atoms with E-state index >= 15 is 0 Å². The topological polar surface area (TPSA) is 95.6 Å². The van der Waals surface area contributed by atoms with Crippen molar-refractivity contribution in [2.75, 3.05) is 29.2 Å². The van der Waals surface area contributed by atoms with Crippen LogP contribution in [0.2, 0.25) is 5.02 Å². The average Bonchev–Trinajstić information content (AvgIpc) is 2.41. The van der Waals surface area contributed by atoms with Crippen LogP contribution in [0.5, 0.6) is 0 Å². The molecule has 1 atom stereocenters. The normalized spacial score (nSPS) is 12.2. The Kier molecular flexibility index (Phi) is 7.76. The summed E-state index contributed by atoms with van der Waals surface area (Å²) in [6, 6.07) is 4.93. The van der Waals surface area contributed by atoms with E-state index in [2.05, 4.69) is 5.32 Å². The van der Waals surface area contributed by atoms with Gasteiger partial charge in [0.05, 0.1) is 23.4 Å². The first-order chi connectivity index (χ1) is 9.52. The molecule has 0 saturated carbocycles. The summed E-state index contributed by atoms with van der Waals surface area (Å²) in [5.74, 6) is 1.11. The number of nitrogens with two attached hydrogens (primary N) is 1. The number of aliphatic hydroxyl groups is 2. The van der Waals surface area contributed by atoms with Crippen molar-refractivity contribution in [3.05, 3.63) is 23.2 Å². The predicted octanol–water partition coefficient (Wildman–Crippen LogP) is 1.73. The van der Waals surface area contributed by atoms with Crippen LogP contribution in [0.25, 0.3) is 0 Å². The Morgan fingerprint density at radius 2 is 2.25 bits per heavy atom. The molecule has 0 aliphatic rings. The molecule has 112 valence electrons.